The van der Waals surface area contributed by atoms with Crippen molar-refractivity contribution < 1.29 is 14.4 Å². The molecule has 0 saturated carbocycles. The fourth-order valence-corrected chi connectivity index (χ4v) is 3.16. The molecule has 1 aliphatic rings. The van der Waals surface area contributed by atoms with Gasteiger partial charge >= 0.3 is 0 Å². The predicted octanol–water partition coefficient (Wildman–Crippen LogP) is 2.84. The Kier molecular flexibility index (Phi) is 4.64. The van der Waals surface area contributed by atoms with Crippen LogP contribution in [0.5, 0.6) is 0 Å². The Labute approximate surface area is 140 Å². The number of nitrogens with zero attached hydrogens (tertiary/aromatic N) is 3. The van der Waals surface area contributed by atoms with Crippen molar-refractivity contribution in [2.24, 2.45) is 5.41 Å². The molecule has 1 unspecified atom stereocenters. The Morgan fingerprint density at radius 1 is 1.42 bits per heavy atom. The lowest BCUT2D eigenvalue weighted by atomic mass is 9.83. The Morgan fingerprint density at radius 2 is 2.17 bits per heavy atom. The maximum atomic E-state index is 10.7. The molecule has 0 amide bonds. The lowest BCUT2D eigenvalue weighted by molar-refractivity contribution is -0.384. The van der Waals surface area contributed by atoms with E-state index in [0.29, 0.717) is 18.0 Å². The first kappa shape index (κ1) is 16.6. The molecule has 7 heteroatoms. The zero-order chi connectivity index (χ0) is 17.2. The predicted molar refractivity (Wildman–Crippen MR) is 88.3 cm³/mol. The number of hydrogen-bond acceptors (Lipinski definition) is 6. The second-order valence-corrected chi connectivity index (χ2v) is 6.73. The summed E-state index contributed by atoms with van der Waals surface area (Å²) in [5, 5.41) is 20.2. The van der Waals surface area contributed by atoms with Crippen LogP contribution in [0.4, 0.5) is 5.69 Å². The van der Waals surface area contributed by atoms with Crippen LogP contribution in [0.3, 0.4) is 0 Å². The molecule has 24 heavy (non-hydrogen) atoms. The molecule has 1 atom stereocenters. The summed E-state index contributed by atoms with van der Waals surface area (Å²) in [7, 11) is 0. The number of hydrogen-bond donors (Lipinski definition) is 1. The summed E-state index contributed by atoms with van der Waals surface area (Å²) in [6.45, 7) is 4.78. The second-order valence-electron chi connectivity index (χ2n) is 6.73. The Morgan fingerprint density at radius 3 is 2.83 bits per heavy atom. The molecule has 3 rings (SSSR count). The SMILES string of the molecule is CC1(CO)CCCN(Cc2coc(-c3ccc([N+](=O)[O-])cc3)n2)C1. The topological polar surface area (TPSA) is 92.6 Å². The van der Waals surface area contributed by atoms with Gasteiger partial charge in [-0.25, -0.2) is 4.98 Å². The molecule has 7 nitrogen and oxygen atoms in total. The average Bonchev–Trinajstić information content (AvgIpc) is 3.03. The van der Waals surface area contributed by atoms with Gasteiger partial charge in [0.2, 0.25) is 5.89 Å². The maximum absolute atomic E-state index is 10.7. The number of benzene rings is 1. The molecule has 0 spiro atoms. The summed E-state index contributed by atoms with van der Waals surface area (Å²) < 4.78 is 5.51. The molecule has 1 aliphatic heterocycles. The van der Waals surface area contributed by atoms with Crippen molar-refractivity contribution in [1.82, 2.24) is 9.88 Å². The summed E-state index contributed by atoms with van der Waals surface area (Å²) in [5.74, 6) is 0.460. The maximum Gasteiger partial charge on any atom is 0.269 e. The lowest BCUT2D eigenvalue weighted by Gasteiger charge is -2.38. The van der Waals surface area contributed by atoms with E-state index in [1.165, 1.54) is 12.1 Å². The molecule has 1 N–H and O–H groups in total. The number of nitro groups is 1. The summed E-state index contributed by atoms with van der Waals surface area (Å²) >= 11 is 0. The fourth-order valence-electron chi connectivity index (χ4n) is 3.16. The molecule has 0 radical (unpaired) electrons. The van der Waals surface area contributed by atoms with Gasteiger partial charge in [0.05, 0.1) is 10.6 Å². The smallest absolute Gasteiger partial charge is 0.269 e. The first-order valence-electron chi connectivity index (χ1n) is 8.01. The fraction of sp³-hybridized carbons (Fsp3) is 0.471. The highest BCUT2D eigenvalue weighted by atomic mass is 16.6. The Hall–Kier alpha value is -2.25. The number of aliphatic hydroxyl groups is 1. The van der Waals surface area contributed by atoms with Crippen molar-refractivity contribution in [2.45, 2.75) is 26.3 Å². The third kappa shape index (κ3) is 3.63. The monoisotopic (exact) mass is 331 g/mol. The van der Waals surface area contributed by atoms with Crippen molar-refractivity contribution in [2.75, 3.05) is 19.7 Å². The Balaban J connectivity index is 1.68. The standard InChI is InChI=1S/C17H21N3O4/c1-17(12-21)7-2-8-19(11-17)9-14-10-24-16(18-14)13-3-5-15(6-4-13)20(22)23/h3-6,10,21H,2,7-9,11-12H2,1H3. The first-order valence-corrected chi connectivity index (χ1v) is 8.01. The van der Waals surface area contributed by atoms with Gasteiger partial charge in [-0.1, -0.05) is 6.92 Å². The van der Waals surface area contributed by atoms with Crippen molar-refractivity contribution in [1.29, 1.82) is 0 Å². The molecule has 0 aliphatic carbocycles. The molecule has 2 heterocycles. The van der Waals surface area contributed by atoms with Gasteiger partial charge in [0, 0.05) is 42.8 Å². The molecule has 2 aromatic rings. The van der Waals surface area contributed by atoms with Gasteiger partial charge < -0.3 is 9.52 Å². The van der Waals surface area contributed by atoms with E-state index in [-0.39, 0.29) is 17.7 Å². The molecule has 1 saturated heterocycles. The normalized spacial score (nSPS) is 21.8. The number of aromatic nitrogens is 1. The van der Waals surface area contributed by atoms with E-state index in [1.54, 1.807) is 18.4 Å². The second kappa shape index (κ2) is 6.70. The molecule has 128 valence electrons. The Bertz CT molecular complexity index is 713. The highest BCUT2D eigenvalue weighted by molar-refractivity contribution is 5.55. The van der Waals surface area contributed by atoms with E-state index in [4.69, 9.17) is 4.42 Å². The summed E-state index contributed by atoms with van der Waals surface area (Å²) in [4.78, 5) is 17.0. The van der Waals surface area contributed by atoms with Gasteiger partial charge in [-0.05, 0) is 31.5 Å². The van der Waals surface area contributed by atoms with E-state index in [1.807, 2.05) is 0 Å². The summed E-state index contributed by atoms with van der Waals surface area (Å²) in [6.07, 6.45) is 3.72. The first-order chi connectivity index (χ1) is 11.5. The van der Waals surface area contributed by atoms with Crippen LogP contribution < -0.4 is 0 Å². The minimum absolute atomic E-state index is 0.0436. The zero-order valence-electron chi connectivity index (χ0n) is 13.6. The van der Waals surface area contributed by atoms with Crippen LogP contribution in [0.25, 0.3) is 11.5 Å². The van der Waals surface area contributed by atoms with E-state index in [2.05, 4.69) is 16.8 Å². The highest BCUT2D eigenvalue weighted by Gasteiger charge is 2.30. The van der Waals surface area contributed by atoms with Gasteiger partial charge in [0.25, 0.3) is 5.69 Å². The van der Waals surface area contributed by atoms with E-state index in [0.717, 1.165) is 31.6 Å². The number of aliphatic hydroxyl groups excluding tert-OH is 1. The van der Waals surface area contributed by atoms with Crippen LogP contribution in [0.1, 0.15) is 25.5 Å². The summed E-state index contributed by atoms with van der Waals surface area (Å²) in [6, 6.07) is 6.15. The van der Waals surface area contributed by atoms with Crippen LogP contribution in [0, 0.1) is 15.5 Å². The number of nitro benzene ring substituents is 1. The van der Waals surface area contributed by atoms with Crippen LogP contribution in [-0.2, 0) is 6.54 Å². The van der Waals surface area contributed by atoms with Gasteiger partial charge in [-0.15, -0.1) is 0 Å². The van der Waals surface area contributed by atoms with Crippen LogP contribution >= 0.6 is 0 Å². The number of oxazole rings is 1. The third-order valence-corrected chi connectivity index (χ3v) is 4.50. The lowest BCUT2D eigenvalue weighted by Crippen LogP contribution is -2.43. The molecule has 0 bridgehead atoms. The van der Waals surface area contributed by atoms with E-state index < -0.39 is 4.92 Å². The van der Waals surface area contributed by atoms with E-state index in [9.17, 15) is 15.2 Å². The van der Waals surface area contributed by atoms with Crippen LogP contribution in [-0.4, -0.2) is 39.6 Å². The van der Waals surface area contributed by atoms with E-state index >= 15 is 0 Å². The number of non-ortho nitro benzene ring substituents is 1. The number of piperidine rings is 1. The van der Waals surface area contributed by atoms with Crippen molar-refractivity contribution in [3.8, 4) is 11.5 Å². The summed E-state index contributed by atoms with van der Waals surface area (Å²) in [5.41, 5.74) is 1.53. The van der Waals surface area contributed by atoms with Gasteiger partial charge in [0.1, 0.15) is 6.26 Å². The molecule has 1 aromatic heterocycles. The number of rotatable bonds is 5. The molecular formula is C17H21N3O4. The quantitative estimate of drug-likeness (QED) is 0.669. The molecular weight excluding hydrogens is 310 g/mol. The van der Waals surface area contributed by atoms with Crippen molar-refractivity contribution >= 4 is 5.69 Å². The number of likely N-dealkylation sites (tertiary alicyclic amines) is 1. The van der Waals surface area contributed by atoms with Gasteiger partial charge in [-0.2, -0.15) is 0 Å². The molecule has 1 aromatic carbocycles. The average molecular weight is 331 g/mol. The third-order valence-electron chi connectivity index (χ3n) is 4.50. The largest absolute Gasteiger partial charge is 0.444 e. The van der Waals surface area contributed by atoms with Crippen LogP contribution in [0.2, 0.25) is 0 Å². The molecule has 1 fully saturated rings. The van der Waals surface area contributed by atoms with Gasteiger partial charge in [0.15, 0.2) is 0 Å². The highest BCUT2D eigenvalue weighted by Crippen LogP contribution is 2.30. The van der Waals surface area contributed by atoms with Crippen molar-refractivity contribution in [3.63, 3.8) is 0 Å². The van der Waals surface area contributed by atoms with Crippen molar-refractivity contribution in [3.05, 3.63) is 46.3 Å². The zero-order valence-corrected chi connectivity index (χ0v) is 13.6. The van der Waals surface area contributed by atoms with Crippen LogP contribution in [0.15, 0.2) is 34.9 Å². The van der Waals surface area contributed by atoms with Gasteiger partial charge in [-0.3, -0.25) is 15.0 Å². The minimum atomic E-state index is -0.431. The minimum Gasteiger partial charge on any atom is -0.444 e.